The lowest BCUT2D eigenvalue weighted by Gasteiger charge is -2.13. The van der Waals surface area contributed by atoms with Crippen molar-refractivity contribution in [3.63, 3.8) is 0 Å². The third-order valence-electron chi connectivity index (χ3n) is 3.24. The first kappa shape index (κ1) is 12.1. The number of hydrogen-bond acceptors (Lipinski definition) is 8. The molecule has 7 N–H and O–H groups in total. The van der Waals surface area contributed by atoms with Gasteiger partial charge in [0, 0.05) is 12.5 Å². The van der Waals surface area contributed by atoms with E-state index >= 15 is 0 Å². The standard InChI is InChI=1S/C10H15N7O2/c11-4-1-6(19-5(4)2-18)17-3-14-7-8(12)15-10(13)16-9(7)17/h3-6,18H,1-2,11H2,(H4,12,13,15,16). The number of aliphatic hydroxyl groups excluding tert-OH is 1. The zero-order chi connectivity index (χ0) is 13.6. The van der Waals surface area contributed by atoms with E-state index in [0.29, 0.717) is 17.6 Å². The molecule has 0 amide bonds. The Morgan fingerprint density at radius 3 is 2.89 bits per heavy atom. The van der Waals surface area contributed by atoms with Crippen LogP contribution in [-0.2, 0) is 4.74 Å². The van der Waals surface area contributed by atoms with E-state index in [1.165, 1.54) is 0 Å². The van der Waals surface area contributed by atoms with Crippen LogP contribution in [0.15, 0.2) is 6.33 Å². The number of anilines is 2. The van der Waals surface area contributed by atoms with Gasteiger partial charge in [-0.2, -0.15) is 9.97 Å². The van der Waals surface area contributed by atoms with Gasteiger partial charge in [-0.05, 0) is 0 Å². The third-order valence-corrected chi connectivity index (χ3v) is 3.24. The number of aliphatic hydroxyl groups is 1. The van der Waals surface area contributed by atoms with Crippen molar-refractivity contribution in [2.24, 2.45) is 5.73 Å². The molecule has 2 aromatic heterocycles. The largest absolute Gasteiger partial charge is 0.394 e. The second kappa shape index (κ2) is 4.30. The van der Waals surface area contributed by atoms with Gasteiger partial charge in [0.25, 0.3) is 0 Å². The van der Waals surface area contributed by atoms with Gasteiger partial charge < -0.3 is 27.0 Å². The van der Waals surface area contributed by atoms with Crippen molar-refractivity contribution in [3.8, 4) is 0 Å². The maximum absolute atomic E-state index is 9.16. The summed E-state index contributed by atoms with van der Waals surface area (Å²) in [5.74, 6) is 0.301. The number of imidazole rings is 1. The van der Waals surface area contributed by atoms with Crippen LogP contribution in [0.4, 0.5) is 11.8 Å². The molecule has 9 heteroatoms. The predicted molar refractivity (Wildman–Crippen MR) is 67.7 cm³/mol. The van der Waals surface area contributed by atoms with Crippen molar-refractivity contribution in [2.45, 2.75) is 24.8 Å². The molecular weight excluding hydrogens is 250 g/mol. The summed E-state index contributed by atoms with van der Waals surface area (Å²) < 4.78 is 7.37. The Kier molecular flexibility index (Phi) is 2.73. The Morgan fingerprint density at radius 1 is 1.42 bits per heavy atom. The predicted octanol–water partition coefficient (Wildman–Crippen LogP) is -1.40. The van der Waals surface area contributed by atoms with Gasteiger partial charge in [-0.25, -0.2) is 4.98 Å². The van der Waals surface area contributed by atoms with Crippen molar-refractivity contribution in [1.82, 2.24) is 19.5 Å². The minimum absolute atomic E-state index is 0.0766. The van der Waals surface area contributed by atoms with E-state index in [4.69, 9.17) is 27.0 Å². The second-order valence-electron chi connectivity index (χ2n) is 4.50. The molecule has 1 fully saturated rings. The van der Waals surface area contributed by atoms with E-state index in [1.54, 1.807) is 10.9 Å². The Morgan fingerprint density at radius 2 is 2.21 bits per heavy atom. The fourth-order valence-electron chi connectivity index (χ4n) is 2.27. The fraction of sp³-hybridized carbons (Fsp3) is 0.500. The molecule has 0 bridgehead atoms. The molecule has 1 aliphatic heterocycles. The van der Waals surface area contributed by atoms with Crippen molar-refractivity contribution in [3.05, 3.63) is 6.33 Å². The molecule has 2 aromatic rings. The fourth-order valence-corrected chi connectivity index (χ4v) is 2.27. The number of aromatic nitrogens is 4. The summed E-state index contributed by atoms with van der Waals surface area (Å²) in [7, 11) is 0. The van der Waals surface area contributed by atoms with Crippen LogP contribution in [0.25, 0.3) is 11.2 Å². The number of ether oxygens (including phenoxy) is 1. The average molecular weight is 265 g/mol. The maximum Gasteiger partial charge on any atom is 0.224 e. The van der Waals surface area contributed by atoms with Crippen molar-refractivity contribution < 1.29 is 9.84 Å². The summed E-state index contributed by atoms with van der Waals surface area (Å²) in [6.07, 6.45) is 1.39. The van der Waals surface area contributed by atoms with Crippen LogP contribution in [0.3, 0.4) is 0 Å². The molecule has 0 spiro atoms. The number of nitrogen functional groups attached to an aromatic ring is 2. The number of nitrogens with zero attached hydrogens (tertiary/aromatic N) is 4. The summed E-state index contributed by atoms with van der Waals surface area (Å²) in [5.41, 5.74) is 18.2. The first-order chi connectivity index (χ1) is 9.10. The molecular formula is C10H15N7O2. The number of fused-ring (bicyclic) bond motifs is 1. The Balaban J connectivity index is 2.02. The first-order valence-corrected chi connectivity index (χ1v) is 5.87. The third kappa shape index (κ3) is 1.87. The molecule has 3 atom stereocenters. The normalized spacial score (nSPS) is 27.2. The first-order valence-electron chi connectivity index (χ1n) is 5.87. The van der Waals surface area contributed by atoms with Crippen molar-refractivity contribution in [2.75, 3.05) is 18.1 Å². The van der Waals surface area contributed by atoms with Gasteiger partial charge in [0.15, 0.2) is 11.5 Å². The van der Waals surface area contributed by atoms with Gasteiger partial charge in [-0.1, -0.05) is 0 Å². The molecule has 3 rings (SSSR count). The zero-order valence-electron chi connectivity index (χ0n) is 10.1. The Hall–Kier alpha value is -1.97. The second-order valence-corrected chi connectivity index (χ2v) is 4.50. The highest BCUT2D eigenvalue weighted by atomic mass is 16.5. The van der Waals surface area contributed by atoms with Gasteiger partial charge in [0.2, 0.25) is 5.95 Å². The molecule has 3 heterocycles. The summed E-state index contributed by atoms with van der Waals surface area (Å²) >= 11 is 0. The summed E-state index contributed by atoms with van der Waals surface area (Å²) in [6.45, 7) is -0.121. The van der Waals surface area contributed by atoms with E-state index in [0.717, 1.165) is 0 Å². The zero-order valence-corrected chi connectivity index (χ0v) is 10.1. The molecule has 3 unspecified atom stereocenters. The number of hydrogen-bond donors (Lipinski definition) is 4. The van der Waals surface area contributed by atoms with Crippen molar-refractivity contribution in [1.29, 1.82) is 0 Å². The van der Waals surface area contributed by atoms with Crippen LogP contribution in [0, 0.1) is 0 Å². The van der Waals surface area contributed by atoms with E-state index in [9.17, 15) is 0 Å². The van der Waals surface area contributed by atoms with Crippen molar-refractivity contribution >= 4 is 22.9 Å². The minimum Gasteiger partial charge on any atom is -0.394 e. The maximum atomic E-state index is 9.16. The Bertz CT molecular complexity index is 613. The van der Waals surface area contributed by atoms with Gasteiger partial charge in [-0.3, -0.25) is 4.57 Å². The highest BCUT2D eigenvalue weighted by molar-refractivity contribution is 5.82. The number of rotatable bonds is 2. The average Bonchev–Trinajstić information content (AvgIpc) is 2.92. The molecule has 0 aliphatic carbocycles. The molecule has 0 radical (unpaired) electrons. The van der Waals surface area contributed by atoms with E-state index in [1.807, 2.05) is 0 Å². The van der Waals surface area contributed by atoms with Crippen LogP contribution in [-0.4, -0.2) is 43.4 Å². The van der Waals surface area contributed by atoms with E-state index < -0.39 is 0 Å². The van der Waals surface area contributed by atoms with Crippen LogP contribution in [0.5, 0.6) is 0 Å². The summed E-state index contributed by atoms with van der Waals surface area (Å²) in [4.78, 5) is 12.1. The van der Waals surface area contributed by atoms with Crippen LogP contribution in [0.1, 0.15) is 12.6 Å². The molecule has 19 heavy (non-hydrogen) atoms. The molecule has 1 aliphatic rings. The van der Waals surface area contributed by atoms with Gasteiger partial charge >= 0.3 is 0 Å². The van der Waals surface area contributed by atoms with Crippen LogP contribution < -0.4 is 17.2 Å². The number of nitrogens with two attached hydrogens (primary N) is 3. The molecule has 102 valence electrons. The molecule has 0 aromatic carbocycles. The van der Waals surface area contributed by atoms with Gasteiger partial charge in [0.05, 0.1) is 19.0 Å². The van der Waals surface area contributed by atoms with E-state index in [2.05, 4.69) is 15.0 Å². The smallest absolute Gasteiger partial charge is 0.224 e. The molecule has 1 saturated heterocycles. The van der Waals surface area contributed by atoms with Gasteiger partial charge in [0.1, 0.15) is 11.7 Å². The van der Waals surface area contributed by atoms with Crippen LogP contribution >= 0.6 is 0 Å². The summed E-state index contributed by atoms with van der Waals surface area (Å²) in [5, 5.41) is 9.16. The highest BCUT2D eigenvalue weighted by Gasteiger charge is 2.34. The SMILES string of the molecule is Nc1nc(N)c2ncn(C3CC(N)C(CO)O3)c2n1. The summed E-state index contributed by atoms with van der Waals surface area (Å²) in [6, 6.07) is -0.232. The lowest BCUT2D eigenvalue weighted by atomic mass is 10.1. The lowest BCUT2D eigenvalue weighted by molar-refractivity contribution is -0.0233. The quantitative estimate of drug-likeness (QED) is 0.517. The topological polar surface area (TPSA) is 151 Å². The minimum atomic E-state index is -0.390. The Labute approximate surface area is 108 Å². The van der Waals surface area contributed by atoms with Gasteiger partial charge in [-0.15, -0.1) is 0 Å². The lowest BCUT2D eigenvalue weighted by Crippen LogP contribution is -2.32. The monoisotopic (exact) mass is 265 g/mol. The highest BCUT2D eigenvalue weighted by Crippen LogP contribution is 2.30. The van der Waals surface area contributed by atoms with Crippen LogP contribution in [0.2, 0.25) is 0 Å². The molecule has 9 nitrogen and oxygen atoms in total. The molecule has 0 saturated carbocycles. The van der Waals surface area contributed by atoms with E-state index in [-0.39, 0.29) is 36.7 Å².